The minimum atomic E-state index is -4.83. The molecule has 0 atom stereocenters. The van der Waals surface area contributed by atoms with Gasteiger partial charge in [0.15, 0.2) is 0 Å². The van der Waals surface area contributed by atoms with Gasteiger partial charge in [-0.1, -0.05) is 6.07 Å². The van der Waals surface area contributed by atoms with Crippen LogP contribution in [-0.4, -0.2) is 35.3 Å². The summed E-state index contributed by atoms with van der Waals surface area (Å²) >= 11 is 0. The first-order chi connectivity index (χ1) is 8.99. The molecule has 0 aromatic carbocycles. The number of anilines is 1. The molecule has 1 heterocycles. The predicted molar refractivity (Wildman–Crippen MR) is 55.1 cm³/mol. The smallest absolute Gasteiger partial charge is 0.433 e. The first kappa shape index (κ1) is 16.1. The van der Waals surface area contributed by atoms with Gasteiger partial charge in [0, 0.05) is 0 Å². The highest BCUT2D eigenvalue weighted by atomic mass is 19.4. The zero-order chi connectivity index (χ0) is 15.6. The summed E-state index contributed by atoms with van der Waals surface area (Å²) in [6, 6.07) is 2.32. The Balaban J connectivity index is 3.10. The molecule has 0 fully saturated rings. The van der Waals surface area contributed by atoms with Crippen molar-refractivity contribution in [2.75, 3.05) is 18.0 Å². The van der Waals surface area contributed by atoms with E-state index in [-0.39, 0.29) is 4.90 Å². The van der Waals surface area contributed by atoms with Crippen LogP contribution in [0.3, 0.4) is 0 Å². The molecule has 0 aliphatic carbocycles. The number of pyridine rings is 1. The van der Waals surface area contributed by atoms with Crippen molar-refractivity contribution in [2.45, 2.75) is 12.4 Å². The van der Waals surface area contributed by atoms with Crippen LogP contribution in [0.4, 0.5) is 32.2 Å². The number of aliphatic carboxylic acids is 1. The van der Waals surface area contributed by atoms with Crippen LogP contribution in [0.25, 0.3) is 0 Å². The third kappa shape index (κ3) is 4.94. The average Bonchev–Trinajstić information content (AvgIpc) is 2.24. The fourth-order valence-corrected chi connectivity index (χ4v) is 1.35. The van der Waals surface area contributed by atoms with E-state index in [1.165, 1.54) is 0 Å². The fraction of sp³-hybridized carbons (Fsp3) is 0.400. The van der Waals surface area contributed by atoms with Crippen LogP contribution in [0.1, 0.15) is 5.69 Å². The van der Waals surface area contributed by atoms with Crippen molar-refractivity contribution in [1.82, 2.24) is 4.98 Å². The van der Waals surface area contributed by atoms with Gasteiger partial charge in [0.05, 0.1) is 0 Å². The molecule has 10 heteroatoms. The van der Waals surface area contributed by atoms with Gasteiger partial charge in [0.1, 0.15) is 24.6 Å². The molecule has 0 amide bonds. The summed E-state index contributed by atoms with van der Waals surface area (Å²) in [5.41, 5.74) is -1.40. The fourth-order valence-electron chi connectivity index (χ4n) is 1.35. The predicted octanol–water partition coefficient (Wildman–Crippen LogP) is 2.55. The maximum atomic E-state index is 12.4. The standard InChI is InChI=1S/C10H8F6N2O2/c11-9(12,13)5-18(4-8(19)20)7-3-1-2-6(17-7)10(14,15)16/h1-3H,4-5H2,(H,19,20). The molecule has 0 spiro atoms. The van der Waals surface area contributed by atoms with Crippen molar-refractivity contribution in [3.8, 4) is 0 Å². The van der Waals surface area contributed by atoms with Crippen molar-refractivity contribution in [3.63, 3.8) is 0 Å². The monoisotopic (exact) mass is 302 g/mol. The SMILES string of the molecule is O=C(O)CN(CC(F)(F)F)c1cccc(C(F)(F)F)n1. The van der Waals surface area contributed by atoms with Gasteiger partial charge in [-0.3, -0.25) is 4.79 Å². The summed E-state index contributed by atoms with van der Waals surface area (Å²) in [6.45, 7) is -2.83. The first-order valence-corrected chi connectivity index (χ1v) is 5.07. The summed E-state index contributed by atoms with van der Waals surface area (Å²) in [7, 11) is 0. The number of halogens is 6. The Morgan fingerprint density at radius 3 is 2.25 bits per heavy atom. The van der Waals surface area contributed by atoms with Gasteiger partial charge in [-0.15, -0.1) is 0 Å². The molecule has 0 radical (unpaired) electrons. The Labute approximate surface area is 108 Å². The Kier molecular flexibility index (Phi) is 4.46. The quantitative estimate of drug-likeness (QED) is 0.869. The van der Waals surface area contributed by atoms with E-state index in [1.807, 2.05) is 0 Å². The molecule has 0 bridgehead atoms. The molecule has 0 aliphatic heterocycles. The van der Waals surface area contributed by atoms with E-state index >= 15 is 0 Å². The average molecular weight is 302 g/mol. The van der Waals surface area contributed by atoms with E-state index < -0.39 is 42.9 Å². The number of carboxylic acids is 1. The second-order valence-electron chi connectivity index (χ2n) is 3.74. The number of hydrogen-bond acceptors (Lipinski definition) is 3. The second-order valence-corrected chi connectivity index (χ2v) is 3.74. The van der Waals surface area contributed by atoms with Gasteiger partial charge < -0.3 is 10.0 Å². The zero-order valence-corrected chi connectivity index (χ0v) is 9.66. The van der Waals surface area contributed by atoms with Gasteiger partial charge in [-0.2, -0.15) is 26.3 Å². The van der Waals surface area contributed by atoms with Crippen LogP contribution in [0, 0.1) is 0 Å². The summed E-state index contributed by atoms with van der Waals surface area (Å²) in [5.74, 6) is -2.33. The molecule has 4 nitrogen and oxygen atoms in total. The van der Waals surface area contributed by atoms with Crippen LogP contribution in [0.5, 0.6) is 0 Å². The topological polar surface area (TPSA) is 53.4 Å². The number of carbonyl (C=O) groups is 1. The maximum absolute atomic E-state index is 12.4. The summed E-state index contributed by atoms with van der Waals surface area (Å²) in [4.78, 5) is 13.7. The Hall–Kier alpha value is -2.00. The minimum Gasteiger partial charge on any atom is -0.480 e. The minimum absolute atomic E-state index is 0.206. The molecule has 1 aromatic rings. The van der Waals surface area contributed by atoms with E-state index in [9.17, 15) is 31.1 Å². The van der Waals surface area contributed by atoms with Crippen LogP contribution >= 0.6 is 0 Å². The zero-order valence-electron chi connectivity index (χ0n) is 9.66. The Morgan fingerprint density at radius 1 is 1.20 bits per heavy atom. The molecular weight excluding hydrogens is 294 g/mol. The van der Waals surface area contributed by atoms with Gasteiger partial charge in [0.25, 0.3) is 0 Å². The highest BCUT2D eigenvalue weighted by molar-refractivity contribution is 5.73. The molecule has 0 saturated carbocycles. The molecular formula is C10H8F6N2O2. The maximum Gasteiger partial charge on any atom is 0.433 e. The molecule has 1 aromatic heterocycles. The van der Waals surface area contributed by atoms with Crippen molar-refractivity contribution in [2.24, 2.45) is 0 Å². The highest BCUT2D eigenvalue weighted by Crippen LogP contribution is 2.29. The van der Waals surface area contributed by atoms with Crippen molar-refractivity contribution < 1.29 is 36.2 Å². The van der Waals surface area contributed by atoms with Gasteiger partial charge in [0.2, 0.25) is 0 Å². The van der Waals surface area contributed by atoms with Gasteiger partial charge >= 0.3 is 18.3 Å². The number of alkyl halides is 6. The lowest BCUT2D eigenvalue weighted by atomic mass is 10.3. The third-order valence-corrected chi connectivity index (χ3v) is 2.05. The summed E-state index contributed by atoms with van der Waals surface area (Å²) < 4.78 is 74.1. The molecule has 1 N–H and O–H groups in total. The third-order valence-electron chi connectivity index (χ3n) is 2.05. The van der Waals surface area contributed by atoms with Crippen LogP contribution in [0.2, 0.25) is 0 Å². The van der Waals surface area contributed by atoms with Gasteiger partial charge in [-0.25, -0.2) is 4.98 Å². The van der Waals surface area contributed by atoms with Crippen LogP contribution in [-0.2, 0) is 11.0 Å². The van der Waals surface area contributed by atoms with Crippen LogP contribution < -0.4 is 4.90 Å². The van der Waals surface area contributed by atoms with Crippen LogP contribution in [0.15, 0.2) is 18.2 Å². The van der Waals surface area contributed by atoms with E-state index in [1.54, 1.807) is 0 Å². The van der Waals surface area contributed by atoms with E-state index in [0.717, 1.165) is 12.1 Å². The van der Waals surface area contributed by atoms with Crippen molar-refractivity contribution >= 4 is 11.8 Å². The van der Waals surface area contributed by atoms with E-state index in [4.69, 9.17) is 5.11 Å². The summed E-state index contributed by atoms with van der Waals surface area (Å²) in [6.07, 6.45) is -9.60. The number of nitrogens with zero attached hydrogens (tertiary/aromatic N) is 2. The Bertz CT molecular complexity index is 485. The molecule has 20 heavy (non-hydrogen) atoms. The largest absolute Gasteiger partial charge is 0.480 e. The molecule has 0 saturated heterocycles. The molecule has 0 unspecified atom stereocenters. The first-order valence-electron chi connectivity index (χ1n) is 5.07. The van der Waals surface area contributed by atoms with Crippen molar-refractivity contribution in [3.05, 3.63) is 23.9 Å². The highest BCUT2D eigenvalue weighted by Gasteiger charge is 2.35. The molecule has 0 aliphatic rings. The number of carboxylic acid groups (broad SMARTS) is 1. The normalized spacial score (nSPS) is 12.3. The van der Waals surface area contributed by atoms with Gasteiger partial charge in [-0.05, 0) is 12.1 Å². The summed E-state index contributed by atoms with van der Waals surface area (Å²) in [5, 5.41) is 8.51. The van der Waals surface area contributed by atoms with E-state index in [2.05, 4.69) is 4.98 Å². The lowest BCUT2D eigenvalue weighted by molar-refractivity contribution is -0.141. The lowest BCUT2D eigenvalue weighted by Crippen LogP contribution is -2.38. The number of aromatic nitrogens is 1. The lowest BCUT2D eigenvalue weighted by Gasteiger charge is -2.23. The number of hydrogen-bond donors (Lipinski definition) is 1. The molecule has 112 valence electrons. The van der Waals surface area contributed by atoms with E-state index in [0.29, 0.717) is 6.07 Å². The molecule has 1 rings (SSSR count). The second kappa shape index (κ2) is 5.55. The Morgan fingerprint density at radius 2 is 1.80 bits per heavy atom. The van der Waals surface area contributed by atoms with Crippen molar-refractivity contribution in [1.29, 1.82) is 0 Å². The number of rotatable bonds is 4.